The maximum Gasteiger partial charge on any atom is 0.138 e. The Labute approximate surface area is 102 Å². The number of rotatable bonds is 6. The fourth-order valence-corrected chi connectivity index (χ4v) is 1.63. The molecular formula is C13H18ClNO. The Balaban J connectivity index is 2.49. The van der Waals surface area contributed by atoms with Crippen molar-refractivity contribution in [3.63, 3.8) is 0 Å². The number of nitrogens with one attached hydrogen (secondary N) is 1. The van der Waals surface area contributed by atoms with Gasteiger partial charge in [0.1, 0.15) is 11.9 Å². The monoisotopic (exact) mass is 239 g/mol. The molecule has 2 nitrogen and oxygen atoms in total. The predicted molar refractivity (Wildman–Crippen MR) is 69.3 cm³/mol. The van der Waals surface area contributed by atoms with Gasteiger partial charge in [-0.25, -0.2) is 0 Å². The van der Waals surface area contributed by atoms with E-state index in [-0.39, 0.29) is 6.10 Å². The first-order valence-corrected chi connectivity index (χ1v) is 5.75. The van der Waals surface area contributed by atoms with Gasteiger partial charge in [0.25, 0.3) is 0 Å². The van der Waals surface area contributed by atoms with Crippen LogP contribution in [0.15, 0.2) is 30.9 Å². The molecule has 3 heteroatoms. The van der Waals surface area contributed by atoms with Gasteiger partial charge >= 0.3 is 0 Å². The van der Waals surface area contributed by atoms with Crippen LogP contribution in [0.25, 0.3) is 0 Å². The third-order valence-corrected chi connectivity index (χ3v) is 2.43. The standard InChI is InChI=1S/C13H18ClNO/c1-4-7-15-9-11(3)16-13-6-5-10(2)8-12(13)14/h4-6,8,11,15H,1,7,9H2,2-3H3. The van der Waals surface area contributed by atoms with Crippen molar-refractivity contribution in [3.05, 3.63) is 41.4 Å². The molecule has 0 aliphatic heterocycles. The van der Waals surface area contributed by atoms with Crippen molar-refractivity contribution < 1.29 is 4.74 Å². The van der Waals surface area contributed by atoms with Crippen LogP contribution in [0.5, 0.6) is 5.75 Å². The Hall–Kier alpha value is -0.990. The summed E-state index contributed by atoms with van der Waals surface area (Å²) in [6.45, 7) is 9.21. The van der Waals surface area contributed by atoms with E-state index in [1.807, 2.05) is 38.1 Å². The van der Waals surface area contributed by atoms with Crippen LogP contribution in [0, 0.1) is 6.92 Å². The van der Waals surface area contributed by atoms with Crippen LogP contribution < -0.4 is 10.1 Å². The zero-order valence-electron chi connectivity index (χ0n) is 9.79. The van der Waals surface area contributed by atoms with E-state index in [1.165, 1.54) is 0 Å². The first kappa shape index (κ1) is 13.1. The van der Waals surface area contributed by atoms with Crippen molar-refractivity contribution in [3.8, 4) is 5.75 Å². The van der Waals surface area contributed by atoms with Crippen LogP contribution in [-0.4, -0.2) is 19.2 Å². The summed E-state index contributed by atoms with van der Waals surface area (Å²) >= 11 is 6.07. The van der Waals surface area contributed by atoms with Crippen LogP contribution in [0.3, 0.4) is 0 Å². The lowest BCUT2D eigenvalue weighted by Gasteiger charge is -2.16. The quantitative estimate of drug-likeness (QED) is 0.608. The van der Waals surface area contributed by atoms with Gasteiger partial charge in [-0.1, -0.05) is 23.7 Å². The summed E-state index contributed by atoms with van der Waals surface area (Å²) in [6, 6.07) is 5.80. The lowest BCUT2D eigenvalue weighted by Crippen LogP contribution is -2.29. The molecule has 1 N–H and O–H groups in total. The number of aryl methyl sites for hydroxylation is 1. The molecular weight excluding hydrogens is 222 g/mol. The second-order valence-electron chi connectivity index (χ2n) is 3.81. The highest BCUT2D eigenvalue weighted by Crippen LogP contribution is 2.25. The minimum Gasteiger partial charge on any atom is -0.488 e. The fraction of sp³-hybridized carbons (Fsp3) is 0.385. The van der Waals surface area contributed by atoms with Crippen LogP contribution in [-0.2, 0) is 0 Å². The van der Waals surface area contributed by atoms with E-state index < -0.39 is 0 Å². The van der Waals surface area contributed by atoms with Crippen molar-refractivity contribution in [1.29, 1.82) is 0 Å². The van der Waals surface area contributed by atoms with Gasteiger partial charge in [-0.2, -0.15) is 0 Å². The van der Waals surface area contributed by atoms with E-state index in [4.69, 9.17) is 16.3 Å². The van der Waals surface area contributed by atoms with Gasteiger partial charge < -0.3 is 10.1 Å². The van der Waals surface area contributed by atoms with E-state index in [9.17, 15) is 0 Å². The zero-order chi connectivity index (χ0) is 12.0. The van der Waals surface area contributed by atoms with E-state index in [0.717, 1.165) is 24.4 Å². The maximum atomic E-state index is 6.07. The molecule has 0 radical (unpaired) electrons. The summed E-state index contributed by atoms with van der Waals surface area (Å²) in [7, 11) is 0. The number of ether oxygens (including phenoxy) is 1. The Morgan fingerprint density at radius 1 is 1.56 bits per heavy atom. The molecule has 1 rings (SSSR count). The minimum atomic E-state index is 0.0835. The molecule has 1 atom stereocenters. The number of hydrogen-bond acceptors (Lipinski definition) is 2. The highest BCUT2D eigenvalue weighted by molar-refractivity contribution is 6.32. The summed E-state index contributed by atoms with van der Waals surface area (Å²) < 4.78 is 5.72. The van der Waals surface area contributed by atoms with Gasteiger partial charge in [0.2, 0.25) is 0 Å². The third kappa shape index (κ3) is 4.25. The molecule has 1 aromatic rings. The molecule has 0 fully saturated rings. The average Bonchev–Trinajstić information content (AvgIpc) is 2.23. The van der Waals surface area contributed by atoms with Crippen molar-refractivity contribution in [2.24, 2.45) is 0 Å². The molecule has 1 aromatic carbocycles. The van der Waals surface area contributed by atoms with Crippen LogP contribution in [0.2, 0.25) is 5.02 Å². The Kier molecular flexibility index (Phi) is 5.36. The molecule has 0 saturated carbocycles. The minimum absolute atomic E-state index is 0.0835. The zero-order valence-corrected chi connectivity index (χ0v) is 10.6. The van der Waals surface area contributed by atoms with Gasteiger partial charge in [0, 0.05) is 13.1 Å². The number of halogens is 1. The SMILES string of the molecule is C=CCNCC(C)Oc1ccc(C)cc1Cl. The largest absolute Gasteiger partial charge is 0.488 e. The molecule has 0 aliphatic carbocycles. The van der Waals surface area contributed by atoms with E-state index in [1.54, 1.807) is 0 Å². The average molecular weight is 240 g/mol. The summed E-state index contributed by atoms with van der Waals surface area (Å²) in [5, 5.41) is 3.86. The van der Waals surface area contributed by atoms with Crippen molar-refractivity contribution in [2.45, 2.75) is 20.0 Å². The van der Waals surface area contributed by atoms with Gasteiger partial charge in [-0.05, 0) is 31.5 Å². The van der Waals surface area contributed by atoms with Gasteiger partial charge in [-0.15, -0.1) is 6.58 Å². The second kappa shape index (κ2) is 6.56. The topological polar surface area (TPSA) is 21.3 Å². The maximum absolute atomic E-state index is 6.07. The van der Waals surface area contributed by atoms with E-state index >= 15 is 0 Å². The predicted octanol–water partition coefficient (Wildman–Crippen LogP) is 3.19. The molecule has 1 unspecified atom stereocenters. The first-order valence-electron chi connectivity index (χ1n) is 5.38. The van der Waals surface area contributed by atoms with Gasteiger partial charge in [-0.3, -0.25) is 0 Å². The van der Waals surface area contributed by atoms with Crippen molar-refractivity contribution >= 4 is 11.6 Å². The second-order valence-corrected chi connectivity index (χ2v) is 4.22. The normalized spacial score (nSPS) is 12.2. The van der Waals surface area contributed by atoms with Gasteiger partial charge in [0.05, 0.1) is 5.02 Å². The lowest BCUT2D eigenvalue weighted by atomic mass is 10.2. The molecule has 16 heavy (non-hydrogen) atoms. The Bertz CT molecular complexity index is 352. The lowest BCUT2D eigenvalue weighted by molar-refractivity contribution is 0.219. The summed E-state index contributed by atoms with van der Waals surface area (Å²) in [5.74, 6) is 0.736. The smallest absolute Gasteiger partial charge is 0.138 e. The molecule has 0 aromatic heterocycles. The molecule has 0 bridgehead atoms. The van der Waals surface area contributed by atoms with Crippen LogP contribution in [0.1, 0.15) is 12.5 Å². The molecule has 88 valence electrons. The summed E-state index contributed by atoms with van der Waals surface area (Å²) in [5.41, 5.74) is 1.13. The summed E-state index contributed by atoms with van der Waals surface area (Å²) in [4.78, 5) is 0. The number of benzene rings is 1. The van der Waals surface area contributed by atoms with E-state index in [0.29, 0.717) is 5.02 Å². The number of hydrogen-bond donors (Lipinski definition) is 1. The molecule has 0 saturated heterocycles. The van der Waals surface area contributed by atoms with Crippen LogP contribution in [0.4, 0.5) is 0 Å². The molecule has 0 heterocycles. The molecule has 0 spiro atoms. The molecule has 0 aliphatic rings. The van der Waals surface area contributed by atoms with Gasteiger partial charge in [0.15, 0.2) is 0 Å². The Morgan fingerprint density at radius 3 is 2.94 bits per heavy atom. The first-order chi connectivity index (χ1) is 7.63. The third-order valence-electron chi connectivity index (χ3n) is 2.14. The van der Waals surface area contributed by atoms with Crippen LogP contribution >= 0.6 is 11.6 Å². The highest BCUT2D eigenvalue weighted by atomic mass is 35.5. The van der Waals surface area contributed by atoms with Crippen molar-refractivity contribution in [1.82, 2.24) is 5.32 Å². The van der Waals surface area contributed by atoms with E-state index in [2.05, 4.69) is 11.9 Å². The molecule has 0 amide bonds. The Morgan fingerprint density at radius 2 is 2.31 bits per heavy atom. The highest BCUT2D eigenvalue weighted by Gasteiger charge is 2.06. The summed E-state index contributed by atoms with van der Waals surface area (Å²) in [6.07, 6.45) is 1.91. The van der Waals surface area contributed by atoms with Crippen molar-refractivity contribution in [2.75, 3.05) is 13.1 Å². The fourth-order valence-electron chi connectivity index (χ4n) is 1.35.